The molecule has 39 heavy (non-hydrogen) atoms. The van der Waals surface area contributed by atoms with Gasteiger partial charge in [0.15, 0.2) is 5.96 Å². The van der Waals surface area contributed by atoms with Crippen LogP contribution >= 0.6 is 0 Å². The first-order valence-corrected chi connectivity index (χ1v) is 11.9. The third kappa shape index (κ3) is 12.1. The van der Waals surface area contributed by atoms with Crippen LogP contribution in [0.4, 0.5) is 0 Å². The summed E-state index contributed by atoms with van der Waals surface area (Å²) in [7, 11) is 0. The number of guanidine groups is 1. The van der Waals surface area contributed by atoms with Gasteiger partial charge in [0.25, 0.3) is 0 Å². The number of aliphatic imine (C=N–C) groups is 1. The molecule has 216 valence electrons. The fraction of sp³-hybridized carbons (Fsp3) is 0.478. The molecule has 0 fully saturated rings. The highest BCUT2D eigenvalue weighted by molar-refractivity contribution is 5.96. The van der Waals surface area contributed by atoms with Gasteiger partial charge >= 0.3 is 5.97 Å². The number of nitrogens with two attached hydrogens (primary N) is 4. The molecule has 0 saturated carbocycles. The number of carbonyl (C=O) groups is 5. The maximum absolute atomic E-state index is 12.9. The maximum atomic E-state index is 12.9. The second-order valence-corrected chi connectivity index (χ2v) is 8.78. The molecular formula is C23H36N8O8. The summed E-state index contributed by atoms with van der Waals surface area (Å²) in [4.78, 5) is 65.2. The lowest BCUT2D eigenvalue weighted by Gasteiger charge is -2.26. The van der Waals surface area contributed by atoms with Gasteiger partial charge in [-0.15, -0.1) is 0 Å². The van der Waals surface area contributed by atoms with E-state index in [-0.39, 0.29) is 31.1 Å². The van der Waals surface area contributed by atoms with Gasteiger partial charge in [-0.05, 0) is 37.5 Å². The van der Waals surface area contributed by atoms with E-state index in [2.05, 4.69) is 20.9 Å². The number of aromatic hydroxyl groups is 1. The Kier molecular flexibility index (Phi) is 13.1. The van der Waals surface area contributed by atoms with Gasteiger partial charge in [0.05, 0.1) is 18.6 Å². The highest BCUT2D eigenvalue weighted by Gasteiger charge is 2.33. The number of aliphatic hydroxyl groups excluding tert-OH is 1. The number of hydrogen-bond acceptors (Lipinski definition) is 9. The van der Waals surface area contributed by atoms with E-state index in [4.69, 9.17) is 22.9 Å². The number of carboxylic acids is 1. The molecule has 0 aliphatic carbocycles. The number of amides is 4. The summed E-state index contributed by atoms with van der Waals surface area (Å²) in [6, 6.07) is -0.106. The molecule has 14 N–H and O–H groups in total. The lowest BCUT2D eigenvalue weighted by molar-refractivity contribution is -0.143. The third-order valence-corrected chi connectivity index (χ3v) is 5.40. The normalized spacial score (nSPS) is 14.5. The summed E-state index contributed by atoms with van der Waals surface area (Å²) in [6.45, 7) is 1.39. The summed E-state index contributed by atoms with van der Waals surface area (Å²) in [5.41, 5.74) is 21.9. The fourth-order valence-corrected chi connectivity index (χ4v) is 3.33. The number of nitrogens with zero attached hydrogens (tertiary/aromatic N) is 1. The number of phenolic OH excluding ortho intramolecular Hbond substituents is 1. The van der Waals surface area contributed by atoms with Crippen molar-refractivity contribution in [3.05, 3.63) is 29.8 Å². The van der Waals surface area contributed by atoms with E-state index in [1.54, 1.807) is 0 Å². The Hall–Kier alpha value is -4.44. The van der Waals surface area contributed by atoms with Crippen molar-refractivity contribution in [1.82, 2.24) is 16.0 Å². The van der Waals surface area contributed by atoms with Gasteiger partial charge in [0.1, 0.15) is 23.9 Å². The van der Waals surface area contributed by atoms with Gasteiger partial charge < -0.3 is 54.2 Å². The Morgan fingerprint density at radius 3 is 2.03 bits per heavy atom. The average Bonchev–Trinajstić information content (AvgIpc) is 2.84. The number of carbonyl (C=O) groups excluding carboxylic acids is 4. The van der Waals surface area contributed by atoms with Gasteiger partial charge in [-0.1, -0.05) is 12.1 Å². The van der Waals surface area contributed by atoms with Crippen LogP contribution in [0.3, 0.4) is 0 Å². The molecule has 0 bridgehead atoms. The molecule has 0 spiro atoms. The van der Waals surface area contributed by atoms with Gasteiger partial charge in [-0.2, -0.15) is 0 Å². The molecule has 0 aliphatic heterocycles. The molecule has 0 saturated heterocycles. The molecule has 0 aliphatic rings. The fourth-order valence-electron chi connectivity index (χ4n) is 3.33. The van der Waals surface area contributed by atoms with Crippen molar-refractivity contribution < 1.29 is 39.3 Å². The molecule has 5 atom stereocenters. The molecule has 16 nitrogen and oxygen atoms in total. The maximum Gasteiger partial charge on any atom is 0.326 e. The third-order valence-electron chi connectivity index (χ3n) is 5.40. The minimum atomic E-state index is -1.65. The van der Waals surface area contributed by atoms with E-state index >= 15 is 0 Å². The van der Waals surface area contributed by atoms with Crippen molar-refractivity contribution in [3.63, 3.8) is 0 Å². The Morgan fingerprint density at radius 1 is 0.923 bits per heavy atom. The van der Waals surface area contributed by atoms with Crippen LogP contribution in [-0.2, 0) is 30.4 Å². The van der Waals surface area contributed by atoms with Gasteiger partial charge in [-0.3, -0.25) is 24.2 Å². The number of carboxylic acid groups (broad SMARTS) is 1. The lowest BCUT2D eigenvalue weighted by Crippen LogP contribution is -2.60. The Labute approximate surface area is 224 Å². The summed E-state index contributed by atoms with van der Waals surface area (Å²) in [5, 5.41) is 35.8. The first-order chi connectivity index (χ1) is 18.2. The average molecular weight is 553 g/mol. The quantitative estimate of drug-likeness (QED) is 0.0537. The first kappa shape index (κ1) is 32.6. The van der Waals surface area contributed by atoms with E-state index < -0.39 is 66.3 Å². The van der Waals surface area contributed by atoms with Crippen LogP contribution in [0.15, 0.2) is 29.3 Å². The van der Waals surface area contributed by atoms with Crippen molar-refractivity contribution in [1.29, 1.82) is 0 Å². The topological polar surface area (TPSA) is 299 Å². The predicted octanol–water partition coefficient (Wildman–Crippen LogP) is -3.89. The Balaban J connectivity index is 2.92. The zero-order chi connectivity index (χ0) is 29.7. The zero-order valence-electron chi connectivity index (χ0n) is 21.4. The molecule has 0 radical (unpaired) electrons. The number of hydrogen-bond donors (Lipinski definition) is 10. The summed E-state index contributed by atoms with van der Waals surface area (Å²) in [5.74, 6) is -5.37. The van der Waals surface area contributed by atoms with Gasteiger partial charge in [0, 0.05) is 13.0 Å². The number of nitrogens with one attached hydrogen (secondary N) is 3. The van der Waals surface area contributed by atoms with Crippen LogP contribution in [0.5, 0.6) is 5.75 Å². The number of aliphatic hydroxyl groups is 1. The number of primary amides is 1. The molecule has 4 amide bonds. The van der Waals surface area contributed by atoms with Crippen molar-refractivity contribution >= 4 is 35.6 Å². The number of phenols is 1. The van der Waals surface area contributed by atoms with Crippen molar-refractivity contribution in [2.75, 3.05) is 6.54 Å². The number of aliphatic carboxylic acids is 1. The summed E-state index contributed by atoms with van der Waals surface area (Å²) >= 11 is 0. The van der Waals surface area contributed by atoms with Gasteiger partial charge in [0.2, 0.25) is 23.6 Å². The second-order valence-electron chi connectivity index (χ2n) is 8.78. The largest absolute Gasteiger partial charge is 0.508 e. The van der Waals surface area contributed by atoms with Crippen LogP contribution in [0.1, 0.15) is 31.7 Å². The molecule has 1 rings (SSSR count). The number of benzene rings is 1. The van der Waals surface area contributed by atoms with Crippen molar-refractivity contribution in [2.45, 2.75) is 62.9 Å². The zero-order valence-corrected chi connectivity index (χ0v) is 21.4. The monoisotopic (exact) mass is 552 g/mol. The van der Waals surface area contributed by atoms with Crippen LogP contribution in [0.25, 0.3) is 0 Å². The minimum Gasteiger partial charge on any atom is -0.508 e. The highest BCUT2D eigenvalue weighted by Crippen LogP contribution is 2.12. The molecule has 5 unspecified atom stereocenters. The number of rotatable bonds is 16. The second kappa shape index (κ2) is 15.7. The molecule has 1 aromatic rings. The summed E-state index contributed by atoms with van der Waals surface area (Å²) in [6.07, 6.45) is -1.82. The van der Waals surface area contributed by atoms with Crippen LogP contribution in [-0.4, -0.2) is 87.7 Å². The molecule has 0 heterocycles. The van der Waals surface area contributed by atoms with E-state index in [0.717, 1.165) is 0 Å². The smallest absolute Gasteiger partial charge is 0.326 e. The Morgan fingerprint density at radius 2 is 1.51 bits per heavy atom. The van der Waals surface area contributed by atoms with Crippen LogP contribution in [0.2, 0.25) is 0 Å². The molecule has 0 aromatic heterocycles. The SMILES string of the molecule is CC(O)C(NC(=O)C(CC(N)=O)NC(=O)C(N)CCCN=C(N)N)C(=O)NC(Cc1ccc(O)cc1)C(=O)O. The Bertz CT molecular complexity index is 1040. The van der Waals surface area contributed by atoms with E-state index in [1.165, 1.54) is 31.2 Å². The predicted molar refractivity (Wildman–Crippen MR) is 139 cm³/mol. The van der Waals surface area contributed by atoms with Crippen LogP contribution < -0.4 is 38.9 Å². The first-order valence-electron chi connectivity index (χ1n) is 11.9. The van der Waals surface area contributed by atoms with E-state index in [1.807, 2.05) is 0 Å². The molecular weight excluding hydrogens is 516 g/mol. The van der Waals surface area contributed by atoms with E-state index in [0.29, 0.717) is 12.0 Å². The van der Waals surface area contributed by atoms with Crippen molar-refractivity contribution in [2.24, 2.45) is 27.9 Å². The summed E-state index contributed by atoms with van der Waals surface area (Å²) < 4.78 is 0. The molecule has 1 aromatic carbocycles. The molecule has 16 heteroatoms. The minimum absolute atomic E-state index is 0.0314. The lowest BCUT2D eigenvalue weighted by atomic mass is 10.0. The van der Waals surface area contributed by atoms with Crippen molar-refractivity contribution in [3.8, 4) is 5.75 Å². The van der Waals surface area contributed by atoms with E-state index in [9.17, 15) is 39.3 Å². The standard InChI is InChI=1S/C23H36N8O8/c1-11(32)18(21(37)30-16(22(38)39)9-12-4-6-13(33)7-5-12)31-20(36)15(10-17(25)34)29-19(35)14(24)3-2-8-28-23(26)27/h4-7,11,14-16,18,32-33H,2-3,8-10,24H2,1H3,(H2,25,34)(H,29,35)(H,30,37)(H,31,36)(H,38,39)(H4,26,27,28). The van der Waals surface area contributed by atoms with Crippen LogP contribution in [0, 0.1) is 0 Å². The van der Waals surface area contributed by atoms with Gasteiger partial charge in [-0.25, -0.2) is 4.79 Å². The highest BCUT2D eigenvalue weighted by atomic mass is 16.4.